The van der Waals surface area contributed by atoms with Crippen molar-refractivity contribution in [2.24, 2.45) is 0 Å². The number of nitrogens with zero attached hydrogens (tertiary/aromatic N) is 2. The Kier molecular flexibility index (Phi) is 2.97. The van der Waals surface area contributed by atoms with Gasteiger partial charge in [-0.2, -0.15) is 0 Å². The van der Waals surface area contributed by atoms with Gasteiger partial charge in [0.2, 0.25) is 0 Å². The van der Waals surface area contributed by atoms with Gasteiger partial charge in [-0.25, -0.2) is 4.98 Å². The third kappa shape index (κ3) is 2.53. The first-order valence-corrected chi connectivity index (χ1v) is 5.68. The van der Waals surface area contributed by atoms with Gasteiger partial charge in [0, 0.05) is 17.3 Å². The number of thiazole rings is 1. The molecule has 0 aliphatic carbocycles. The van der Waals surface area contributed by atoms with E-state index in [-0.39, 0.29) is 0 Å². The Balaban J connectivity index is 2.02. The van der Waals surface area contributed by atoms with Crippen molar-refractivity contribution in [3.05, 3.63) is 40.7 Å². The normalized spacial score (nSPS) is 10.5. The van der Waals surface area contributed by atoms with Crippen LogP contribution < -0.4 is 5.73 Å². The quantitative estimate of drug-likeness (QED) is 0.861. The van der Waals surface area contributed by atoms with Gasteiger partial charge in [0.25, 0.3) is 0 Å². The van der Waals surface area contributed by atoms with Crippen LogP contribution in [0.4, 0.5) is 5.13 Å². The monoisotopic (exact) mass is 219 g/mol. The van der Waals surface area contributed by atoms with E-state index in [1.807, 2.05) is 31.5 Å². The number of nitrogens with two attached hydrogens (primary N) is 1. The zero-order valence-electron chi connectivity index (χ0n) is 8.60. The number of aryl methyl sites for hydroxylation is 3. The van der Waals surface area contributed by atoms with Gasteiger partial charge in [-0.1, -0.05) is 0 Å². The molecule has 0 fully saturated rings. The SMILES string of the molecule is Cc1nc(N)sc1CCc1ccncc1. The van der Waals surface area contributed by atoms with Crippen molar-refractivity contribution in [3.63, 3.8) is 0 Å². The number of hydrogen-bond acceptors (Lipinski definition) is 4. The predicted molar refractivity (Wildman–Crippen MR) is 62.9 cm³/mol. The third-order valence-corrected chi connectivity index (χ3v) is 3.35. The van der Waals surface area contributed by atoms with Crippen LogP contribution in [0.25, 0.3) is 0 Å². The van der Waals surface area contributed by atoms with Crippen LogP contribution in [0.3, 0.4) is 0 Å². The summed E-state index contributed by atoms with van der Waals surface area (Å²) in [6.07, 6.45) is 5.67. The van der Waals surface area contributed by atoms with Crippen LogP contribution in [0.2, 0.25) is 0 Å². The summed E-state index contributed by atoms with van der Waals surface area (Å²) >= 11 is 1.58. The summed E-state index contributed by atoms with van der Waals surface area (Å²) in [6.45, 7) is 2.01. The smallest absolute Gasteiger partial charge is 0.180 e. The molecule has 0 unspecified atom stereocenters. The highest BCUT2D eigenvalue weighted by molar-refractivity contribution is 7.15. The van der Waals surface area contributed by atoms with Crippen molar-refractivity contribution in [2.75, 3.05) is 5.73 Å². The average molecular weight is 219 g/mol. The van der Waals surface area contributed by atoms with E-state index in [1.165, 1.54) is 10.4 Å². The van der Waals surface area contributed by atoms with Crippen molar-refractivity contribution in [2.45, 2.75) is 19.8 Å². The van der Waals surface area contributed by atoms with E-state index in [2.05, 4.69) is 9.97 Å². The highest BCUT2D eigenvalue weighted by Crippen LogP contribution is 2.21. The average Bonchev–Trinajstić information content (AvgIpc) is 2.56. The molecule has 15 heavy (non-hydrogen) atoms. The molecule has 0 aromatic carbocycles. The molecule has 0 aliphatic rings. The lowest BCUT2D eigenvalue weighted by Crippen LogP contribution is -1.90. The van der Waals surface area contributed by atoms with E-state index in [0.717, 1.165) is 18.5 Å². The summed E-state index contributed by atoms with van der Waals surface area (Å²) in [5.74, 6) is 0. The maximum atomic E-state index is 5.65. The molecule has 4 heteroatoms. The van der Waals surface area contributed by atoms with Crippen LogP contribution in [-0.2, 0) is 12.8 Å². The molecule has 0 bridgehead atoms. The van der Waals surface area contributed by atoms with E-state index < -0.39 is 0 Å². The van der Waals surface area contributed by atoms with E-state index in [9.17, 15) is 0 Å². The second-order valence-corrected chi connectivity index (χ2v) is 4.53. The zero-order chi connectivity index (χ0) is 10.7. The summed E-state index contributed by atoms with van der Waals surface area (Å²) in [7, 11) is 0. The summed E-state index contributed by atoms with van der Waals surface area (Å²) in [4.78, 5) is 9.48. The molecule has 2 heterocycles. The van der Waals surface area contributed by atoms with Crippen molar-refractivity contribution in [1.29, 1.82) is 0 Å². The molecular weight excluding hydrogens is 206 g/mol. The second kappa shape index (κ2) is 4.40. The maximum Gasteiger partial charge on any atom is 0.180 e. The van der Waals surface area contributed by atoms with Gasteiger partial charge in [-0.15, -0.1) is 11.3 Å². The fraction of sp³-hybridized carbons (Fsp3) is 0.273. The van der Waals surface area contributed by atoms with Crippen molar-refractivity contribution < 1.29 is 0 Å². The highest BCUT2D eigenvalue weighted by atomic mass is 32.1. The van der Waals surface area contributed by atoms with Gasteiger partial charge < -0.3 is 5.73 Å². The molecule has 3 nitrogen and oxygen atoms in total. The molecule has 2 N–H and O–H groups in total. The molecule has 0 radical (unpaired) electrons. The molecule has 0 spiro atoms. The lowest BCUT2D eigenvalue weighted by atomic mass is 10.1. The Morgan fingerprint density at radius 3 is 2.60 bits per heavy atom. The Morgan fingerprint density at radius 2 is 2.00 bits per heavy atom. The Morgan fingerprint density at radius 1 is 1.27 bits per heavy atom. The minimum absolute atomic E-state index is 0.664. The highest BCUT2D eigenvalue weighted by Gasteiger charge is 2.04. The first kappa shape index (κ1) is 10.1. The van der Waals surface area contributed by atoms with E-state index in [0.29, 0.717) is 5.13 Å². The number of hydrogen-bond donors (Lipinski definition) is 1. The fourth-order valence-corrected chi connectivity index (χ4v) is 2.32. The first-order valence-electron chi connectivity index (χ1n) is 4.86. The number of pyridine rings is 1. The predicted octanol–water partition coefficient (Wildman–Crippen LogP) is 2.21. The number of nitrogen functional groups attached to an aromatic ring is 1. The molecular formula is C11H13N3S. The molecule has 0 aliphatic heterocycles. The van der Waals surface area contributed by atoms with Gasteiger partial charge in [0.15, 0.2) is 5.13 Å². The summed E-state index contributed by atoms with van der Waals surface area (Å²) < 4.78 is 0. The van der Waals surface area contributed by atoms with Gasteiger partial charge in [-0.3, -0.25) is 4.98 Å². The van der Waals surface area contributed by atoms with Crippen molar-refractivity contribution in [3.8, 4) is 0 Å². The molecule has 0 saturated carbocycles. The lowest BCUT2D eigenvalue weighted by molar-refractivity contribution is 0.958. The molecule has 78 valence electrons. The van der Waals surface area contributed by atoms with Crippen LogP contribution in [-0.4, -0.2) is 9.97 Å². The molecule has 0 atom stereocenters. The van der Waals surface area contributed by atoms with E-state index >= 15 is 0 Å². The van der Waals surface area contributed by atoms with Crippen LogP contribution in [0.5, 0.6) is 0 Å². The van der Waals surface area contributed by atoms with Gasteiger partial charge in [0.1, 0.15) is 0 Å². The van der Waals surface area contributed by atoms with E-state index in [1.54, 1.807) is 11.3 Å². The molecule has 0 amide bonds. The molecule has 2 rings (SSSR count). The Labute approximate surface area is 93.0 Å². The minimum Gasteiger partial charge on any atom is -0.375 e. The van der Waals surface area contributed by atoms with Gasteiger partial charge in [0.05, 0.1) is 5.69 Å². The largest absolute Gasteiger partial charge is 0.375 e. The van der Waals surface area contributed by atoms with Gasteiger partial charge in [-0.05, 0) is 37.5 Å². The molecule has 2 aromatic heterocycles. The van der Waals surface area contributed by atoms with Crippen LogP contribution in [0.15, 0.2) is 24.5 Å². The molecule has 2 aromatic rings. The van der Waals surface area contributed by atoms with Crippen molar-refractivity contribution in [1.82, 2.24) is 9.97 Å². The number of aromatic nitrogens is 2. The number of anilines is 1. The number of rotatable bonds is 3. The van der Waals surface area contributed by atoms with Gasteiger partial charge >= 0.3 is 0 Å². The summed E-state index contributed by atoms with van der Waals surface area (Å²) in [5.41, 5.74) is 8.01. The second-order valence-electron chi connectivity index (χ2n) is 3.42. The van der Waals surface area contributed by atoms with Crippen LogP contribution >= 0.6 is 11.3 Å². The maximum absolute atomic E-state index is 5.65. The third-order valence-electron chi connectivity index (χ3n) is 2.30. The first-order chi connectivity index (χ1) is 7.25. The lowest BCUT2D eigenvalue weighted by Gasteiger charge is -1.99. The van der Waals surface area contributed by atoms with Crippen LogP contribution in [0, 0.1) is 6.92 Å². The Hall–Kier alpha value is -1.42. The van der Waals surface area contributed by atoms with Crippen LogP contribution in [0.1, 0.15) is 16.1 Å². The Bertz CT molecular complexity index is 436. The summed E-state index contributed by atoms with van der Waals surface area (Å²) in [5, 5.41) is 0.664. The zero-order valence-corrected chi connectivity index (χ0v) is 9.42. The van der Waals surface area contributed by atoms with Crippen molar-refractivity contribution >= 4 is 16.5 Å². The van der Waals surface area contributed by atoms with E-state index in [4.69, 9.17) is 5.73 Å². The summed E-state index contributed by atoms with van der Waals surface area (Å²) in [6, 6.07) is 4.08. The molecule has 0 saturated heterocycles. The minimum atomic E-state index is 0.664. The topological polar surface area (TPSA) is 51.8 Å². The fourth-order valence-electron chi connectivity index (χ4n) is 1.49. The standard InChI is InChI=1S/C11H13N3S/c1-8-10(15-11(12)14-8)3-2-9-4-6-13-7-5-9/h4-7H,2-3H2,1H3,(H2,12,14).